The molecule has 3 rings (SSSR count). The van der Waals surface area contributed by atoms with Crippen molar-refractivity contribution in [3.05, 3.63) is 51.5 Å². The van der Waals surface area contributed by atoms with Crippen molar-refractivity contribution < 1.29 is 4.42 Å². The second-order valence-electron chi connectivity index (χ2n) is 3.74. The van der Waals surface area contributed by atoms with Crippen LogP contribution in [-0.2, 0) is 0 Å². The van der Waals surface area contributed by atoms with Gasteiger partial charge in [0, 0.05) is 5.02 Å². The van der Waals surface area contributed by atoms with Crippen molar-refractivity contribution in [1.82, 2.24) is 4.98 Å². The standard InChI is InChI=1S/C13H6Cl3NO/c14-7-5-8(12(16)9(15)6-7)13-17-10-3-1-2-4-11(10)18-13/h1-6H. The van der Waals surface area contributed by atoms with Gasteiger partial charge >= 0.3 is 0 Å². The molecular weight excluding hydrogens is 293 g/mol. The predicted molar refractivity (Wildman–Crippen MR) is 74.5 cm³/mol. The van der Waals surface area contributed by atoms with Gasteiger partial charge in [0.1, 0.15) is 5.52 Å². The van der Waals surface area contributed by atoms with Gasteiger partial charge in [0.2, 0.25) is 5.89 Å². The Morgan fingerprint density at radius 1 is 1.00 bits per heavy atom. The highest BCUT2D eigenvalue weighted by atomic mass is 35.5. The normalized spacial score (nSPS) is 11.1. The molecule has 0 saturated carbocycles. The fourth-order valence-corrected chi connectivity index (χ4v) is 2.38. The Kier molecular flexibility index (Phi) is 2.94. The van der Waals surface area contributed by atoms with E-state index in [0.717, 1.165) is 5.52 Å². The third-order valence-electron chi connectivity index (χ3n) is 2.52. The van der Waals surface area contributed by atoms with Crippen LogP contribution in [0.5, 0.6) is 0 Å². The summed E-state index contributed by atoms with van der Waals surface area (Å²) in [6.45, 7) is 0. The molecule has 2 nitrogen and oxygen atoms in total. The fourth-order valence-electron chi connectivity index (χ4n) is 1.70. The van der Waals surface area contributed by atoms with Crippen LogP contribution in [0.25, 0.3) is 22.6 Å². The summed E-state index contributed by atoms with van der Waals surface area (Å²) in [6, 6.07) is 10.7. The van der Waals surface area contributed by atoms with E-state index in [1.807, 2.05) is 24.3 Å². The van der Waals surface area contributed by atoms with Gasteiger partial charge in [-0.2, -0.15) is 0 Å². The van der Waals surface area contributed by atoms with E-state index in [2.05, 4.69) is 4.98 Å². The highest BCUT2D eigenvalue weighted by Gasteiger charge is 2.14. The Labute approximate surface area is 118 Å². The Morgan fingerprint density at radius 3 is 2.56 bits per heavy atom. The zero-order valence-corrected chi connectivity index (χ0v) is 11.2. The van der Waals surface area contributed by atoms with E-state index in [9.17, 15) is 0 Å². The molecule has 0 unspecified atom stereocenters. The summed E-state index contributed by atoms with van der Waals surface area (Å²) in [5, 5.41) is 1.25. The quantitative estimate of drug-likeness (QED) is 0.558. The first-order chi connectivity index (χ1) is 8.65. The molecule has 0 radical (unpaired) electrons. The van der Waals surface area contributed by atoms with Crippen LogP contribution in [0.3, 0.4) is 0 Å². The third kappa shape index (κ3) is 1.97. The number of nitrogens with zero attached hydrogens (tertiary/aromatic N) is 1. The second kappa shape index (κ2) is 4.47. The molecule has 0 N–H and O–H groups in total. The summed E-state index contributed by atoms with van der Waals surface area (Å²) in [6.07, 6.45) is 0. The van der Waals surface area contributed by atoms with Crippen molar-refractivity contribution in [3.8, 4) is 11.5 Å². The summed E-state index contributed by atoms with van der Waals surface area (Å²) in [5.74, 6) is 0.408. The number of benzene rings is 2. The van der Waals surface area contributed by atoms with Crippen molar-refractivity contribution in [2.45, 2.75) is 0 Å². The minimum atomic E-state index is 0.376. The number of para-hydroxylation sites is 2. The first kappa shape index (κ1) is 11.8. The number of rotatable bonds is 1. The van der Waals surface area contributed by atoms with Gasteiger partial charge in [0.25, 0.3) is 0 Å². The van der Waals surface area contributed by atoms with Crippen LogP contribution in [-0.4, -0.2) is 4.98 Å². The Hall–Kier alpha value is -1.22. The summed E-state index contributed by atoms with van der Waals surface area (Å²) in [7, 11) is 0. The maximum absolute atomic E-state index is 6.14. The van der Waals surface area contributed by atoms with E-state index in [1.54, 1.807) is 12.1 Å². The molecule has 0 aliphatic heterocycles. The molecule has 1 aromatic heterocycles. The van der Waals surface area contributed by atoms with E-state index in [0.29, 0.717) is 32.1 Å². The SMILES string of the molecule is Clc1cc(Cl)c(Cl)c(-c2nc3ccccc3o2)c1. The fraction of sp³-hybridized carbons (Fsp3) is 0. The number of hydrogen-bond donors (Lipinski definition) is 0. The van der Waals surface area contributed by atoms with Gasteiger partial charge in [0.05, 0.1) is 15.6 Å². The molecular formula is C13H6Cl3NO. The van der Waals surface area contributed by atoms with Crippen LogP contribution in [0.2, 0.25) is 15.1 Å². The third-order valence-corrected chi connectivity index (χ3v) is 3.54. The zero-order chi connectivity index (χ0) is 12.7. The van der Waals surface area contributed by atoms with Crippen molar-refractivity contribution in [1.29, 1.82) is 0 Å². The van der Waals surface area contributed by atoms with E-state index in [4.69, 9.17) is 39.2 Å². The van der Waals surface area contributed by atoms with Gasteiger partial charge in [-0.15, -0.1) is 0 Å². The lowest BCUT2D eigenvalue weighted by Gasteiger charge is -2.02. The minimum Gasteiger partial charge on any atom is -0.436 e. The first-order valence-corrected chi connectivity index (χ1v) is 6.29. The molecule has 18 heavy (non-hydrogen) atoms. The monoisotopic (exact) mass is 297 g/mol. The van der Waals surface area contributed by atoms with Crippen molar-refractivity contribution >= 4 is 45.9 Å². The molecule has 0 bridgehead atoms. The van der Waals surface area contributed by atoms with Gasteiger partial charge in [-0.3, -0.25) is 0 Å². The lowest BCUT2D eigenvalue weighted by atomic mass is 10.2. The van der Waals surface area contributed by atoms with Crippen LogP contribution in [0.4, 0.5) is 0 Å². The average molecular weight is 299 g/mol. The number of hydrogen-bond acceptors (Lipinski definition) is 2. The van der Waals surface area contributed by atoms with Crippen molar-refractivity contribution in [3.63, 3.8) is 0 Å². The summed E-state index contributed by atoms with van der Waals surface area (Å²) in [4.78, 5) is 4.36. The van der Waals surface area contributed by atoms with Crippen molar-refractivity contribution in [2.75, 3.05) is 0 Å². The minimum absolute atomic E-state index is 0.376. The highest BCUT2D eigenvalue weighted by Crippen LogP contribution is 2.37. The number of oxazole rings is 1. The zero-order valence-electron chi connectivity index (χ0n) is 8.95. The Balaban J connectivity index is 2.26. The van der Waals surface area contributed by atoms with Crippen LogP contribution in [0, 0.1) is 0 Å². The summed E-state index contributed by atoms with van der Waals surface area (Å²) >= 11 is 18.1. The highest BCUT2D eigenvalue weighted by molar-refractivity contribution is 6.44. The lowest BCUT2D eigenvalue weighted by molar-refractivity contribution is 0.620. The maximum Gasteiger partial charge on any atom is 0.228 e. The Morgan fingerprint density at radius 2 is 1.78 bits per heavy atom. The predicted octanol–water partition coefficient (Wildman–Crippen LogP) is 5.46. The molecule has 0 atom stereocenters. The number of halogens is 3. The van der Waals surface area contributed by atoms with Crippen LogP contribution >= 0.6 is 34.8 Å². The molecule has 0 amide bonds. The van der Waals surface area contributed by atoms with E-state index in [1.165, 1.54) is 0 Å². The molecule has 2 aromatic carbocycles. The molecule has 0 aliphatic carbocycles. The van der Waals surface area contributed by atoms with Crippen LogP contribution in [0.1, 0.15) is 0 Å². The first-order valence-electron chi connectivity index (χ1n) is 5.15. The van der Waals surface area contributed by atoms with Gasteiger partial charge < -0.3 is 4.42 Å². The Bertz CT molecular complexity index is 703. The molecule has 3 aromatic rings. The molecule has 1 heterocycles. The van der Waals surface area contributed by atoms with E-state index in [-0.39, 0.29) is 0 Å². The van der Waals surface area contributed by atoms with E-state index >= 15 is 0 Å². The molecule has 0 saturated heterocycles. The number of aromatic nitrogens is 1. The summed E-state index contributed by atoms with van der Waals surface area (Å²) < 4.78 is 5.63. The topological polar surface area (TPSA) is 26.0 Å². The maximum atomic E-state index is 6.14. The van der Waals surface area contributed by atoms with Gasteiger partial charge in [-0.1, -0.05) is 46.9 Å². The molecule has 0 spiro atoms. The average Bonchev–Trinajstić information content (AvgIpc) is 2.77. The summed E-state index contributed by atoms with van der Waals surface area (Å²) in [5.41, 5.74) is 2.05. The number of fused-ring (bicyclic) bond motifs is 1. The van der Waals surface area contributed by atoms with Gasteiger partial charge in [-0.25, -0.2) is 4.98 Å². The second-order valence-corrected chi connectivity index (χ2v) is 4.96. The largest absolute Gasteiger partial charge is 0.436 e. The molecule has 90 valence electrons. The van der Waals surface area contributed by atoms with Crippen molar-refractivity contribution in [2.24, 2.45) is 0 Å². The van der Waals surface area contributed by atoms with Gasteiger partial charge in [0.15, 0.2) is 5.58 Å². The lowest BCUT2D eigenvalue weighted by Crippen LogP contribution is -1.81. The molecule has 0 fully saturated rings. The molecule has 5 heteroatoms. The smallest absolute Gasteiger partial charge is 0.228 e. The van der Waals surface area contributed by atoms with Gasteiger partial charge in [-0.05, 0) is 24.3 Å². The van der Waals surface area contributed by atoms with Crippen LogP contribution in [0.15, 0.2) is 40.8 Å². The van der Waals surface area contributed by atoms with E-state index < -0.39 is 0 Å². The van der Waals surface area contributed by atoms with Crippen LogP contribution < -0.4 is 0 Å². The molecule has 0 aliphatic rings.